The molecule has 4 atom stereocenters. The van der Waals surface area contributed by atoms with Crippen LogP contribution in [0.4, 0.5) is 4.39 Å². The molecule has 18 heavy (non-hydrogen) atoms. The summed E-state index contributed by atoms with van der Waals surface area (Å²) in [4.78, 5) is 24.8. The van der Waals surface area contributed by atoms with Crippen LogP contribution in [0.1, 0.15) is 11.8 Å². The maximum atomic E-state index is 12.5. The number of aliphatic hydroxyl groups excluding tert-OH is 2. The Morgan fingerprint density at radius 2 is 2.11 bits per heavy atom. The number of alkyl halides is 1. The van der Waals surface area contributed by atoms with Gasteiger partial charge in [-0.05, 0) is 6.92 Å². The maximum Gasteiger partial charge on any atom is 0.330 e. The second kappa shape index (κ2) is 4.63. The molecule has 0 radical (unpaired) electrons. The lowest BCUT2D eigenvalue weighted by molar-refractivity contribution is -0.0455. The van der Waals surface area contributed by atoms with Crippen molar-refractivity contribution in [1.82, 2.24) is 9.55 Å². The van der Waals surface area contributed by atoms with Gasteiger partial charge in [0.05, 0.1) is 0 Å². The van der Waals surface area contributed by atoms with Crippen LogP contribution in [0.25, 0.3) is 0 Å². The van der Waals surface area contributed by atoms with E-state index in [0.29, 0.717) is 0 Å². The third-order valence-electron chi connectivity index (χ3n) is 2.91. The number of aliphatic hydroxyl groups is 2. The zero-order valence-electron chi connectivity index (χ0n) is 9.54. The number of nitrogens with one attached hydrogen (secondary N) is 1. The Balaban J connectivity index is 2.42. The number of halogens is 1. The largest absolute Gasteiger partial charge is 0.387 e. The third kappa shape index (κ3) is 1.98. The monoisotopic (exact) mass is 260 g/mol. The van der Waals surface area contributed by atoms with Gasteiger partial charge in [-0.1, -0.05) is 0 Å². The molecule has 0 unspecified atom stereocenters. The summed E-state index contributed by atoms with van der Waals surface area (Å²) in [7, 11) is 0. The van der Waals surface area contributed by atoms with E-state index in [1.165, 1.54) is 13.1 Å². The van der Waals surface area contributed by atoms with Gasteiger partial charge >= 0.3 is 5.69 Å². The molecule has 0 aliphatic carbocycles. The molecule has 8 heteroatoms. The fourth-order valence-corrected chi connectivity index (χ4v) is 1.86. The molecule has 1 aliphatic heterocycles. The maximum absolute atomic E-state index is 12.5. The van der Waals surface area contributed by atoms with Crippen molar-refractivity contribution in [1.29, 1.82) is 0 Å². The molecule has 2 heterocycles. The number of aromatic nitrogens is 2. The molecule has 3 N–H and O–H groups in total. The zero-order valence-corrected chi connectivity index (χ0v) is 9.54. The minimum atomic E-state index is -1.44. The summed E-state index contributed by atoms with van der Waals surface area (Å²) in [6.45, 7) is 0.491. The van der Waals surface area contributed by atoms with Crippen molar-refractivity contribution in [3.63, 3.8) is 0 Å². The van der Waals surface area contributed by atoms with E-state index in [9.17, 15) is 24.2 Å². The Labute approximate surface area is 100 Å². The molecule has 0 amide bonds. The number of ether oxygens (including phenoxy) is 1. The predicted molar refractivity (Wildman–Crippen MR) is 58.0 cm³/mol. The molecule has 0 aromatic carbocycles. The van der Waals surface area contributed by atoms with Crippen LogP contribution in [-0.4, -0.2) is 44.8 Å². The fourth-order valence-electron chi connectivity index (χ4n) is 1.86. The van der Waals surface area contributed by atoms with Crippen LogP contribution < -0.4 is 11.2 Å². The highest BCUT2D eigenvalue weighted by Gasteiger charge is 2.44. The van der Waals surface area contributed by atoms with Crippen LogP contribution in [0.2, 0.25) is 0 Å². The number of H-pyrrole nitrogens is 1. The van der Waals surface area contributed by atoms with Gasteiger partial charge in [-0.25, -0.2) is 9.18 Å². The number of hydrogen-bond donors (Lipinski definition) is 3. The van der Waals surface area contributed by atoms with E-state index in [1.54, 1.807) is 0 Å². The first-order valence-corrected chi connectivity index (χ1v) is 5.35. The quantitative estimate of drug-likeness (QED) is 0.596. The van der Waals surface area contributed by atoms with Crippen LogP contribution in [0.5, 0.6) is 0 Å². The van der Waals surface area contributed by atoms with Crippen molar-refractivity contribution < 1.29 is 19.3 Å². The predicted octanol–water partition coefficient (Wildman–Crippen LogP) is -1.57. The van der Waals surface area contributed by atoms with E-state index in [4.69, 9.17) is 4.74 Å². The minimum Gasteiger partial charge on any atom is -0.387 e. The van der Waals surface area contributed by atoms with Gasteiger partial charge in [0.15, 0.2) is 6.23 Å². The lowest BCUT2D eigenvalue weighted by Crippen LogP contribution is -2.38. The lowest BCUT2D eigenvalue weighted by Gasteiger charge is -2.17. The Bertz CT molecular complexity index is 554. The summed E-state index contributed by atoms with van der Waals surface area (Å²) < 4.78 is 18.5. The van der Waals surface area contributed by atoms with E-state index in [2.05, 4.69) is 0 Å². The highest BCUT2D eigenvalue weighted by molar-refractivity contribution is 5.03. The summed E-state index contributed by atoms with van der Waals surface area (Å²) in [5.41, 5.74) is -1.10. The molecule has 1 saturated heterocycles. The van der Waals surface area contributed by atoms with E-state index in [-0.39, 0.29) is 5.56 Å². The van der Waals surface area contributed by atoms with E-state index in [1.807, 2.05) is 4.98 Å². The average Bonchev–Trinajstić information content (AvgIpc) is 2.61. The fraction of sp³-hybridized carbons (Fsp3) is 0.600. The third-order valence-corrected chi connectivity index (χ3v) is 2.91. The first kappa shape index (κ1) is 12.9. The van der Waals surface area contributed by atoms with Crippen LogP contribution in [0.3, 0.4) is 0 Å². The normalized spacial score (nSPS) is 31.8. The topological polar surface area (TPSA) is 105 Å². The van der Waals surface area contributed by atoms with Gasteiger partial charge in [-0.3, -0.25) is 14.3 Å². The van der Waals surface area contributed by atoms with Crippen molar-refractivity contribution in [2.75, 3.05) is 6.67 Å². The van der Waals surface area contributed by atoms with Crippen molar-refractivity contribution in [2.24, 2.45) is 0 Å². The molecule has 7 nitrogen and oxygen atoms in total. The van der Waals surface area contributed by atoms with Crippen LogP contribution in [0.15, 0.2) is 15.8 Å². The van der Waals surface area contributed by atoms with Crippen molar-refractivity contribution in [2.45, 2.75) is 31.5 Å². The number of aryl methyl sites for hydroxylation is 1. The van der Waals surface area contributed by atoms with Crippen molar-refractivity contribution in [3.05, 3.63) is 32.6 Å². The molecule has 1 fully saturated rings. The average molecular weight is 260 g/mol. The van der Waals surface area contributed by atoms with Gasteiger partial charge in [0.1, 0.15) is 25.0 Å². The SMILES string of the molecule is Cc1cn([C@H]2O[C@H](CF)[C@@H](O)[C@@H]2O)c(=O)[nH]c1=O. The second-order valence-corrected chi connectivity index (χ2v) is 4.18. The molecular weight excluding hydrogens is 247 g/mol. The number of nitrogens with zero attached hydrogens (tertiary/aromatic N) is 1. The number of rotatable bonds is 2. The molecule has 0 spiro atoms. The minimum absolute atomic E-state index is 0.239. The van der Waals surface area contributed by atoms with E-state index < -0.39 is 42.5 Å². The van der Waals surface area contributed by atoms with Crippen molar-refractivity contribution >= 4 is 0 Å². The molecule has 0 saturated carbocycles. The molecule has 1 aromatic rings. The first-order valence-electron chi connectivity index (χ1n) is 5.35. The van der Waals surface area contributed by atoms with Crippen molar-refractivity contribution in [3.8, 4) is 0 Å². The Morgan fingerprint density at radius 1 is 1.44 bits per heavy atom. The highest BCUT2D eigenvalue weighted by Crippen LogP contribution is 2.28. The van der Waals surface area contributed by atoms with Gasteiger partial charge in [0.25, 0.3) is 5.56 Å². The Kier molecular flexibility index (Phi) is 3.33. The zero-order chi connectivity index (χ0) is 13.4. The summed E-state index contributed by atoms with van der Waals surface area (Å²) in [6, 6.07) is 0. The molecule has 1 aromatic heterocycles. The summed E-state index contributed by atoms with van der Waals surface area (Å²) >= 11 is 0. The summed E-state index contributed by atoms with van der Waals surface area (Å²) in [5.74, 6) is 0. The summed E-state index contributed by atoms with van der Waals surface area (Å²) in [6.07, 6.45) is -4.07. The molecule has 100 valence electrons. The highest BCUT2D eigenvalue weighted by atomic mass is 19.1. The number of aromatic amines is 1. The van der Waals surface area contributed by atoms with Gasteiger partial charge in [-0.2, -0.15) is 0 Å². The molecule has 2 rings (SSSR count). The molecule has 0 bridgehead atoms. The van der Waals surface area contributed by atoms with Gasteiger partial charge in [0.2, 0.25) is 0 Å². The van der Waals surface area contributed by atoms with E-state index in [0.717, 1.165) is 4.57 Å². The second-order valence-electron chi connectivity index (χ2n) is 4.18. The van der Waals surface area contributed by atoms with Crippen LogP contribution in [0, 0.1) is 6.92 Å². The van der Waals surface area contributed by atoms with Gasteiger partial charge in [0, 0.05) is 11.8 Å². The van der Waals surface area contributed by atoms with Crippen LogP contribution >= 0.6 is 0 Å². The van der Waals surface area contributed by atoms with Crippen LogP contribution in [-0.2, 0) is 4.74 Å². The summed E-state index contributed by atoms with van der Waals surface area (Å²) in [5, 5.41) is 19.2. The van der Waals surface area contributed by atoms with E-state index >= 15 is 0 Å². The lowest BCUT2D eigenvalue weighted by atomic mass is 10.1. The molecule has 1 aliphatic rings. The van der Waals surface area contributed by atoms with Gasteiger partial charge < -0.3 is 14.9 Å². The number of hydrogen-bond acceptors (Lipinski definition) is 5. The smallest absolute Gasteiger partial charge is 0.330 e. The Morgan fingerprint density at radius 3 is 2.67 bits per heavy atom. The first-order chi connectivity index (χ1) is 8.45. The van der Waals surface area contributed by atoms with Gasteiger partial charge in [-0.15, -0.1) is 0 Å². The standard InChI is InChI=1S/C10H13FN2O5/c1-4-3-13(10(17)12-8(4)16)9-7(15)6(14)5(2-11)18-9/h3,5-7,9,14-15H,2H2,1H3,(H,12,16,17)/t5-,6-,7+,9+/m1/s1. The Hall–Kier alpha value is -1.51. The molecular formula is C10H13FN2O5.